The molecule has 1 saturated heterocycles. The van der Waals surface area contributed by atoms with Crippen molar-refractivity contribution in [2.75, 3.05) is 23.7 Å². The Morgan fingerprint density at radius 2 is 2.14 bits per heavy atom. The van der Waals surface area contributed by atoms with Crippen LogP contribution in [0.25, 0.3) is 10.9 Å². The molecular weight excluding hydrogens is 399 g/mol. The highest BCUT2D eigenvalue weighted by molar-refractivity contribution is 7.85. The summed E-state index contributed by atoms with van der Waals surface area (Å²) in [6.45, 7) is 0.608. The van der Waals surface area contributed by atoms with E-state index in [0.29, 0.717) is 16.6 Å². The Morgan fingerprint density at radius 3 is 2.75 bits per heavy atom. The minimum absolute atomic E-state index is 0.0548. The van der Waals surface area contributed by atoms with Crippen LogP contribution in [0, 0.1) is 11.3 Å². The first-order valence-electron chi connectivity index (χ1n) is 8.18. The van der Waals surface area contributed by atoms with E-state index < -0.39 is 40.3 Å². The highest BCUT2D eigenvalue weighted by Gasteiger charge is 2.61. The molecule has 0 spiro atoms. The molecule has 0 radical (unpaired) electrons. The first-order valence-corrected chi connectivity index (χ1v) is 9.79. The van der Waals surface area contributed by atoms with Gasteiger partial charge in [0, 0.05) is 23.8 Å². The predicted molar refractivity (Wildman–Crippen MR) is 94.4 cm³/mol. The molecular formula is C17H16F3N3O4S. The van der Waals surface area contributed by atoms with E-state index in [4.69, 9.17) is 9.29 Å². The minimum Gasteiger partial charge on any atom is -0.365 e. The fourth-order valence-electron chi connectivity index (χ4n) is 3.46. The Hall–Kier alpha value is -2.42. The topological polar surface area (TPSA) is 104 Å². The van der Waals surface area contributed by atoms with Crippen molar-refractivity contribution in [1.29, 1.82) is 5.26 Å². The Labute approximate surface area is 159 Å². The van der Waals surface area contributed by atoms with Gasteiger partial charge in [-0.15, -0.1) is 0 Å². The Balaban J connectivity index is 2.14. The van der Waals surface area contributed by atoms with Gasteiger partial charge in [0.05, 0.1) is 23.7 Å². The fraction of sp³-hybridized carbons (Fsp3) is 0.412. The van der Waals surface area contributed by atoms with Crippen LogP contribution in [-0.4, -0.2) is 54.7 Å². The molecule has 28 heavy (non-hydrogen) atoms. The number of hydrogen-bond acceptors (Lipinski definition) is 6. The van der Waals surface area contributed by atoms with Gasteiger partial charge in [-0.1, -0.05) is 0 Å². The van der Waals surface area contributed by atoms with E-state index in [-0.39, 0.29) is 12.1 Å². The summed E-state index contributed by atoms with van der Waals surface area (Å²) in [5, 5.41) is 9.69. The van der Waals surface area contributed by atoms with Crippen LogP contribution in [0.15, 0.2) is 30.5 Å². The van der Waals surface area contributed by atoms with E-state index in [1.165, 1.54) is 30.2 Å². The van der Waals surface area contributed by atoms with Crippen LogP contribution in [-0.2, 0) is 14.9 Å². The zero-order chi connectivity index (χ0) is 20.7. The number of aromatic nitrogens is 1. The van der Waals surface area contributed by atoms with Crippen molar-refractivity contribution in [1.82, 2.24) is 4.98 Å². The number of pyridine rings is 1. The second kappa shape index (κ2) is 6.88. The van der Waals surface area contributed by atoms with Gasteiger partial charge in [0.1, 0.15) is 11.8 Å². The largest absolute Gasteiger partial charge is 0.420 e. The molecule has 2 heterocycles. The molecule has 0 unspecified atom stereocenters. The summed E-state index contributed by atoms with van der Waals surface area (Å²) < 4.78 is 78.3. The number of fused-ring (bicyclic) bond motifs is 1. The average molecular weight is 415 g/mol. The molecule has 1 aromatic heterocycles. The zero-order valence-electron chi connectivity index (χ0n) is 14.6. The van der Waals surface area contributed by atoms with Crippen molar-refractivity contribution < 1.29 is 30.9 Å². The van der Waals surface area contributed by atoms with Crippen LogP contribution in [0.3, 0.4) is 0 Å². The Morgan fingerprint density at radius 1 is 1.43 bits per heavy atom. The van der Waals surface area contributed by atoms with Crippen molar-refractivity contribution in [2.24, 2.45) is 0 Å². The first-order chi connectivity index (χ1) is 13.0. The van der Waals surface area contributed by atoms with Crippen molar-refractivity contribution in [3.63, 3.8) is 0 Å². The van der Waals surface area contributed by atoms with Crippen molar-refractivity contribution in [3.05, 3.63) is 36.0 Å². The van der Waals surface area contributed by atoms with Gasteiger partial charge in [-0.25, -0.2) is 0 Å². The molecule has 150 valence electrons. The third kappa shape index (κ3) is 3.76. The SMILES string of the molecule is C[C@@H]1CN(c2ccc(C#N)c3ncccc23)C[C@](CS(=O)(=O)O)(C(F)(F)F)O1. The fourth-order valence-corrected chi connectivity index (χ4v) is 4.37. The lowest BCUT2D eigenvalue weighted by molar-refractivity contribution is -0.283. The highest BCUT2D eigenvalue weighted by atomic mass is 32.2. The van der Waals surface area contributed by atoms with Crippen LogP contribution >= 0.6 is 0 Å². The van der Waals surface area contributed by atoms with Gasteiger partial charge in [-0.05, 0) is 31.2 Å². The van der Waals surface area contributed by atoms with E-state index in [1.54, 1.807) is 12.1 Å². The van der Waals surface area contributed by atoms with Gasteiger partial charge >= 0.3 is 6.18 Å². The summed E-state index contributed by atoms with van der Waals surface area (Å²) in [6.07, 6.45) is -4.55. The molecule has 7 nitrogen and oxygen atoms in total. The minimum atomic E-state index is -5.05. The van der Waals surface area contributed by atoms with Crippen LogP contribution in [0.4, 0.5) is 18.9 Å². The predicted octanol–water partition coefficient (Wildman–Crippen LogP) is 2.52. The number of benzene rings is 1. The molecule has 2 aromatic rings. The second-order valence-corrected chi connectivity index (χ2v) is 8.12. The molecule has 0 aliphatic carbocycles. The smallest absolute Gasteiger partial charge is 0.365 e. The van der Waals surface area contributed by atoms with E-state index in [1.807, 2.05) is 6.07 Å². The number of alkyl halides is 3. The third-order valence-electron chi connectivity index (χ3n) is 4.49. The quantitative estimate of drug-likeness (QED) is 0.769. The lowest BCUT2D eigenvalue weighted by Crippen LogP contribution is -2.65. The lowest BCUT2D eigenvalue weighted by atomic mass is 9.99. The molecule has 1 aliphatic heterocycles. The molecule has 0 bridgehead atoms. The Kier molecular flexibility index (Phi) is 4.99. The lowest BCUT2D eigenvalue weighted by Gasteiger charge is -2.46. The summed E-state index contributed by atoms with van der Waals surface area (Å²) in [6, 6.07) is 8.14. The van der Waals surface area contributed by atoms with Gasteiger partial charge < -0.3 is 9.64 Å². The number of nitriles is 1. The van der Waals surface area contributed by atoms with Gasteiger partial charge in [0.2, 0.25) is 0 Å². The monoisotopic (exact) mass is 415 g/mol. The van der Waals surface area contributed by atoms with Crippen molar-refractivity contribution in [3.8, 4) is 6.07 Å². The summed E-state index contributed by atoms with van der Waals surface area (Å²) in [5.74, 6) is -1.61. The number of anilines is 1. The normalized spacial score (nSPS) is 23.6. The van der Waals surface area contributed by atoms with E-state index in [9.17, 15) is 26.9 Å². The molecule has 1 aliphatic rings. The van der Waals surface area contributed by atoms with Crippen LogP contribution in [0.2, 0.25) is 0 Å². The van der Waals surface area contributed by atoms with Gasteiger partial charge in [0.15, 0.2) is 5.60 Å². The maximum absolute atomic E-state index is 13.8. The van der Waals surface area contributed by atoms with Gasteiger partial charge in [-0.2, -0.15) is 26.9 Å². The zero-order valence-corrected chi connectivity index (χ0v) is 15.5. The van der Waals surface area contributed by atoms with Crippen LogP contribution < -0.4 is 4.90 Å². The second-order valence-electron chi connectivity index (χ2n) is 6.67. The van der Waals surface area contributed by atoms with Crippen molar-refractivity contribution in [2.45, 2.75) is 24.8 Å². The van der Waals surface area contributed by atoms with Crippen LogP contribution in [0.5, 0.6) is 0 Å². The highest BCUT2D eigenvalue weighted by Crippen LogP contribution is 2.41. The van der Waals surface area contributed by atoms with Crippen molar-refractivity contribution >= 4 is 26.7 Å². The van der Waals surface area contributed by atoms with Gasteiger partial charge in [-0.3, -0.25) is 9.54 Å². The summed E-state index contributed by atoms with van der Waals surface area (Å²) in [7, 11) is -4.97. The molecule has 0 saturated carbocycles. The molecule has 1 fully saturated rings. The molecule has 0 amide bonds. The maximum Gasteiger partial charge on any atom is 0.420 e. The Bertz CT molecular complexity index is 1050. The number of hydrogen-bond donors (Lipinski definition) is 1. The number of morpholine rings is 1. The summed E-state index contributed by atoms with van der Waals surface area (Å²) in [5.41, 5.74) is -2.14. The van der Waals surface area contributed by atoms with E-state index in [0.717, 1.165) is 0 Å². The number of nitrogens with zero attached hydrogens (tertiary/aromatic N) is 3. The summed E-state index contributed by atoms with van der Waals surface area (Å²) >= 11 is 0. The first kappa shape index (κ1) is 20.3. The van der Waals surface area contributed by atoms with Crippen LogP contribution in [0.1, 0.15) is 12.5 Å². The number of halogens is 3. The standard InChI is InChI=1S/C17H16F3N3O4S/c1-11-8-23(9-16(27-11,17(18,19)20)10-28(24,25)26)14-5-4-12(7-21)15-13(14)3-2-6-22-15/h2-6,11H,8-10H2,1H3,(H,24,25,26)/t11-,16+/m1/s1. The average Bonchev–Trinajstić information content (AvgIpc) is 2.57. The van der Waals surface area contributed by atoms with E-state index >= 15 is 0 Å². The maximum atomic E-state index is 13.8. The number of rotatable bonds is 3. The molecule has 11 heteroatoms. The third-order valence-corrected chi connectivity index (χ3v) is 5.32. The molecule has 1 aromatic carbocycles. The molecule has 3 rings (SSSR count). The summed E-state index contributed by atoms with van der Waals surface area (Å²) in [4.78, 5) is 5.48. The van der Waals surface area contributed by atoms with E-state index in [2.05, 4.69) is 4.98 Å². The van der Waals surface area contributed by atoms with Gasteiger partial charge in [0.25, 0.3) is 10.1 Å². The number of ether oxygens (including phenoxy) is 1. The molecule has 2 atom stereocenters. The molecule has 1 N–H and O–H groups in total.